The first-order valence-corrected chi connectivity index (χ1v) is 5.85. The lowest BCUT2D eigenvalue weighted by molar-refractivity contribution is -0.0485. The van der Waals surface area contributed by atoms with Gasteiger partial charge in [-0.2, -0.15) is 0 Å². The van der Waals surface area contributed by atoms with Crippen LogP contribution in [0.1, 0.15) is 38.3 Å². The fraction of sp³-hybridized carbons (Fsp3) is 0.583. The minimum atomic E-state index is -0.369. The number of rotatable bonds is 6. The minimum absolute atomic E-state index is 0.170. The van der Waals surface area contributed by atoms with E-state index in [1.54, 1.807) is 25.6 Å². The van der Waals surface area contributed by atoms with Crippen molar-refractivity contribution in [3.8, 4) is 0 Å². The first-order chi connectivity index (χ1) is 8.15. The number of ether oxygens (including phenoxy) is 1. The second kappa shape index (κ2) is 5.95. The number of nitrogen functional groups attached to an aromatic ring is 1. The third-order valence-corrected chi connectivity index (χ3v) is 3.49. The van der Waals surface area contributed by atoms with E-state index in [1.165, 1.54) is 0 Å². The second-order valence-corrected chi connectivity index (χ2v) is 4.08. The van der Waals surface area contributed by atoms with Gasteiger partial charge in [0.15, 0.2) is 0 Å². The molecule has 0 amide bonds. The zero-order valence-electron chi connectivity index (χ0n) is 10.7. The first-order valence-electron chi connectivity index (χ1n) is 5.85. The Morgan fingerprint density at radius 1 is 1.47 bits per heavy atom. The summed E-state index contributed by atoms with van der Waals surface area (Å²) >= 11 is 0. The smallest absolute Gasteiger partial charge is 0.0881 e. The quantitative estimate of drug-likeness (QED) is 0.515. The number of nitrogens with two attached hydrogens (primary N) is 2. The molecule has 1 aromatic rings. The van der Waals surface area contributed by atoms with Crippen molar-refractivity contribution in [1.29, 1.82) is 0 Å². The van der Waals surface area contributed by atoms with E-state index >= 15 is 0 Å². The summed E-state index contributed by atoms with van der Waals surface area (Å²) in [5, 5.41) is 0. The van der Waals surface area contributed by atoms with Crippen LogP contribution in [0.5, 0.6) is 0 Å². The van der Waals surface area contributed by atoms with Crippen molar-refractivity contribution in [2.75, 3.05) is 12.8 Å². The molecule has 0 bridgehead atoms. The molecule has 0 saturated carbocycles. The lowest BCUT2D eigenvalue weighted by Gasteiger charge is -2.38. The zero-order chi connectivity index (χ0) is 12.9. The van der Waals surface area contributed by atoms with E-state index in [-0.39, 0.29) is 11.6 Å². The van der Waals surface area contributed by atoms with E-state index in [9.17, 15) is 0 Å². The van der Waals surface area contributed by atoms with Crippen molar-refractivity contribution in [3.05, 3.63) is 24.0 Å². The summed E-state index contributed by atoms with van der Waals surface area (Å²) in [5.41, 5.74) is 9.95. The van der Waals surface area contributed by atoms with E-state index in [0.717, 1.165) is 18.4 Å². The first kappa shape index (κ1) is 13.9. The largest absolute Gasteiger partial charge is 0.398 e. The maximum atomic E-state index is 5.97. The van der Waals surface area contributed by atoms with Gasteiger partial charge < -0.3 is 10.5 Å². The SMILES string of the molecule is CCC(CC)(OC)C(NN)c1cnccc1N. The molecule has 5 nitrogen and oxygen atoms in total. The number of aromatic nitrogens is 1. The van der Waals surface area contributed by atoms with Gasteiger partial charge in [-0.1, -0.05) is 13.8 Å². The summed E-state index contributed by atoms with van der Waals surface area (Å²) in [7, 11) is 1.70. The molecule has 5 heteroatoms. The Bertz CT molecular complexity index is 344. The molecule has 0 fully saturated rings. The molecular formula is C12H22N4O. The van der Waals surface area contributed by atoms with Crippen LogP contribution < -0.4 is 17.0 Å². The summed E-state index contributed by atoms with van der Waals surface area (Å²) in [4.78, 5) is 4.10. The number of nitrogens with zero attached hydrogens (tertiary/aromatic N) is 1. The molecule has 1 atom stereocenters. The number of hydrazine groups is 1. The predicted molar refractivity (Wildman–Crippen MR) is 69.0 cm³/mol. The van der Waals surface area contributed by atoms with Gasteiger partial charge >= 0.3 is 0 Å². The van der Waals surface area contributed by atoms with Crippen LogP contribution in [0.3, 0.4) is 0 Å². The second-order valence-electron chi connectivity index (χ2n) is 4.08. The average molecular weight is 238 g/mol. The number of hydrogen-bond donors (Lipinski definition) is 3. The van der Waals surface area contributed by atoms with Crippen LogP contribution in [-0.2, 0) is 4.74 Å². The molecule has 0 aliphatic heterocycles. The van der Waals surface area contributed by atoms with Gasteiger partial charge in [-0.05, 0) is 18.9 Å². The van der Waals surface area contributed by atoms with Crippen molar-refractivity contribution >= 4 is 5.69 Å². The van der Waals surface area contributed by atoms with E-state index in [0.29, 0.717) is 5.69 Å². The highest BCUT2D eigenvalue weighted by molar-refractivity contribution is 5.47. The number of anilines is 1. The standard InChI is InChI=1S/C12H22N4O/c1-4-12(5-2,17-3)11(16-14)9-8-15-7-6-10(9)13/h6-8,11,16H,4-5,14H2,1-3H3,(H2,13,15). The highest BCUT2D eigenvalue weighted by Crippen LogP contribution is 2.36. The molecule has 0 aromatic carbocycles. The van der Waals surface area contributed by atoms with Crippen molar-refractivity contribution in [1.82, 2.24) is 10.4 Å². The Kier molecular flexibility index (Phi) is 4.86. The molecular weight excluding hydrogens is 216 g/mol. The van der Waals surface area contributed by atoms with Gasteiger partial charge in [-0.15, -0.1) is 0 Å². The monoisotopic (exact) mass is 238 g/mol. The lowest BCUT2D eigenvalue weighted by atomic mass is 9.84. The van der Waals surface area contributed by atoms with Crippen LogP contribution in [-0.4, -0.2) is 17.7 Å². The molecule has 1 rings (SSSR count). The number of nitrogens with one attached hydrogen (secondary N) is 1. The van der Waals surface area contributed by atoms with Gasteiger partial charge in [-0.25, -0.2) is 5.43 Å². The molecule has 1 aromatic heterocycles. The Labute approximate surface area is 103 Å². The summed E-state index contributed by atoms with van der Waals surface area (Å²) < 4.78 is 5.67. The predicted octanol–water partition coefficient (Wildman–Crippen LogP) is 1.37. The van der Waals surface area contributed by atoms with Crippen LogP contribution in [0, 0.1) is 0 Å². The van der Waals surface area contributed by atoms with Crippen molar-refractivity contribution in [2.24, 2.45) is 5.84 Å². The fourth-order valence-corrected chi connectivity index (χ4v) is 2.25. The van der Waals surface area contributed by atoms with E-state index in [2.05, 4.69) is 24.3 Å². The van der Waals surface area contributed by atoms with Crippen LogP contribution in [0.25, 0.3) is 0 Å². The van der Waals surface area contributed by atoms with E-state index < -0.39 is 0 Å². The van der Waals surface area contributed by atoms with Gasteiger partial charge in [0.1, 0.15) is 0 Å². The summed E-state index contributed by atoms with van der Waals surface area (Å²) in [6.07, 6.45) is 5.07. The molecule has 5 N–H and O–H groups in total. The third-order valence-electron chi connectivity index (χ3n) is 3.49. The zero-order valence-corrected chi connectivity index (χ0v) is 10.7. The third kappa shape index (κ3) is 2.57. The lowest BCUT2D eigenvalue weighted by Crippen LogP contribution is -2.47. The van der Waals surface area contributed by atoms with Crippen LogP contribution in [0.4, 0.5) is 5.69 Å². The normalized spacial score (nSPS) is 13.6. The van der Waals surface area contributed by atoms with Gasteiger partial charge in [0, 0.05) is 30.8 Å². The molecule has 17 heavy (non-hydrogen) atoms. The topological polar surface area (TPSA) is 86.2 Å². The van der Waals surface area contributed by atoms with Crippen LogP contribution in [0.15, 0.2) is 18.5 Å². The Hall–Kier alpha value is -1.17. The summed E-state index contributed by atoms with van der Waals surface area (Å²) in [6, 6.07) is 1.60. The van der Waals surface area contributed by atoms with Gasteiger partial charge in [-0.3, -0.25) is 10.8 Å². The molecule has 1 unspecified atom stereocenters. The summed E-state index contributed by atoms with van der Waals surface area (Å²) in [6.45, 7) is 4.15. The van der Waals surface area contributed by atoms with E-state index in [4.69, 9.17) is 16.3 Å². The molecule has 0 aliphatic carbocycles. The fourth-order valence-electron chi connectivity index (χ4n) is 2.25. The Morgan fingerprint density at radius 3 is 2.53 bits per heavy atom. The number of methoxy groups -OCH3 is 1. The Balaban J connectivity index is 3.18. The highest BCUT2D eigenvalue weighted by atomic mass is 16.5. The van der Waals surface area contributed by atoms with Gasteiger partial charge in [0.2, 0.25) is 0 Å². The molecule has 0 aliphatic rings. The molecule has 96 valence electrons. The van der Waals surface area contributed by atoms with Crippen LogP contribution in [0.2, 0.25) is 0 Å². The molecule has 0 saturated heterocycles. The number of pyridine rings is 1. The summed E-state index contributed by atoms with van der Waals surface area (Å²) in [5.74, 6) is 5.67. The van der Waals surface area contributed by atoms with Crippen LogP contribution >= 0.6 is 0 Å². The van der Waals surface area contributed by atoms with Crippen molar-refractivity contribution < 1.29 is 4.74 Å². The van der Waals surface area contributed by atoms with Gasteiger partial charge in [0.05, 0.1) is 11.6 Å². The van der Waals surface area contributed by atoms with Gasteiger partial charge in [0.25, 0.3) is 0 Å². The average Bonchev–Trinajstić information content (AvgIpc) is 2.38. The molecule has 0 radical (unpaired) electrons. The maximum absolute atomic E-state index is 5.97. The van der Waals surface area contributed by atoms with Crippen molar-refractivity contribution in [3.63, 3.8) is 0 Å². The highest BCUT2D eigenvalue weighted by Gasteiger charge is 2.37. The molecule has 0 spiro atoms. The Morgan fingerprint density at radius 2 is 2.12 bits per heavy atom. The number of hydrogen-bond acceptors (Lipinski definition) is 5. The maximum Gasteiger partial charge on any atom is 0.0881 e. The minimum Gasteiger partial charge on any atom is -0.398 e. The van der Waals surface area contributed by atoms with E-state index in [1.807, 2.05) is 0 Å². The van der Waals surface area contributed by atoms with Crippen molar-refractivity contribution in [2.45, 2.75) is 38.3 Å². The molecule has 1 heterocycles.